The van der Waals surface area contributed by atoms with E-state index < -0.39 is 10.8 Å². The molecular formula is C8H19NOS. The van der Waals surface area contributed by atoms with Crippen molar-refractivity contribution in [2.24, 2.45) is 5.73 Å². The predicted molar refractivity (Wildman–Crippen MR) is 51.0 cm³/mol. The summed E-state index contributed by atoms with van der Waals surface area (Å²) in [4.78, 5) is 0. The quantitative estimate of drug-likeness (QED) is 0.687. The minimum atomic E-state index is -0.720. The predicted octanol–water partition coefficient (Wildman–Crippen LogP) is 1.27. The second-order valence-corrected chi connectivity index (χ2v) is 4.83. The SMILES string of the molecule is CCC(N)CS(=O)C(C)CC. The molecular weight excluding hydrogens is 158 g/mol. The van der Waals surface area contributed by atoms with E-state index in [2.05, 4.69) is 6.92 Å². The van der Waals surface area contributed by atoms with Gasteiger partial charge in [-0.1, -0.05) is 20.8 Å². The van der Waals surface area contributed by atoms with Crippen LogP contribution in [0.5, 0.6) is 0 Å². The number of hydrogen-bond donors (Lipinski definition) is 1. The summed E-state index contributed by atoms with van der Waals surface area (Å²) in [5.41, 5.74) is 5.67. The third-order valence-corrected chi connectivity index (χ3v) is 3.91. The molecule has 3 unspecified atom stereocenters. The summed E-state index contributed by atoms with van der Waals surface area (Å²) >= 11 is 0. The molecule has 0 saturated carbocycles. The van der Waals surface area contributed by atoms with Crippen molar-refractivity contribution in [3.05, 3.63) is 0 Å². The molecule has 0 aromatic carbocycles. The van der Waals surface area contributed by atoms with Crippen LogP contribution in [0.15, 0.2) is 0 Å². The van der Waals surface area contributed by atoms with Gasteiger partial charge in [0.2, 0.25) is 0 Å². The molecule has 0 saturated heterocycles. The first-order chi connectivity index (χ1) is 5.11. The van der Waals surface area contributed by atoms with Crippen molar-refractivity contribution in [2.45, 2.75) is 44.9 Å². The largest absolute Gasteiger partial charge is 0.327 e. The molecule has 0 bridgehead atoms. The van der Waals surface area contributed by atoms with Crippen LogP contribution in [0.4, 0.5) is 0 Å². The van der Waals surface area contributed by atoms with Gasteiger partial charge in [-0.15, -0.1) is 0 Å². The highest BCUT2D eigenvalue weighted by Crippen LogP contribution is 2.02. The van der Waals surface area contributed by atoms with Gasteiger partial charge in [0.1, 0.15) is 0 Å². The Morgan fingerprint density at radius 1 is 1.36 bits per heavy atom. The van der Waals surface area contributed by atoms with Crippen LogP contribution in [-0.4, -0.2) is 21.3 Å². The van der Waals surface area contributed by atoms with Crippen LogP contribution < -0.4 is 5.73 Å². The molecule has 0 heterocycles. The van der Waals surface area contributed by atoms with E-state index in [1.165, 1.54) is 0 Å². The van der Waals surface area contributed by atoms with Gasteiger partial charge in [-0.05, 0) is 12.8 Å². The fraction of sp³-hybridized carbons (Fsp3) is 1.00. The molecule has 0 aromatic rings. The van der Waals surface area contributed by atoms with Crippen LogP contribution in [0.2, 0.25) is 0 Å². The normalized spacial score (nSPS) is 19.3. The monoisotopic (exact) mass is 177 g/mol. The van der Waals surface area contributed by atoms with Crippen LogP contribution in [-0.2, 0) is 10.8 Å². The molecule has 68 valence electrons. The zero-order valence-corrected chi connectivity index (χ0v) is 8.49. The molecule has 0 aliphatic carbocycles. The summed E-state index contributed by atoms with van der Waals surface area (Å²) in [5.74, 6) is 0.658. The van der Waals surface area contributed by atoms with Crippen molar-refractivity contribution in [2.75, 3.05) is 5.75 Å². The Kier molecular flexibility index (Phi) is 5.78. The summed E-state index contributed by atoms with van der Waals surface area (Å²) in [5, 5.41) is 0.299. The molecule has 0 rings (SSSR count). The molecule has 3 atom stereocenters. The van der Waals surface area contributed by atoms with Gasteiger partial charge in [0.25, 0.3) is 0 Å². The molecule has 0 fully saturated rings. The topological polar surface area (TPSA) is 43.1 Å². The van der Waals surface area contributed by atoms with Crippen molar-refractivity contribution >= 4 is 10.8 Å². The van der Waals surface area contributed by atoms with Crippen LogP contribution in [0, 0.1) is 0 Å². The molecule has 2 N–H and O–H groups in total. The average molecular weight is 177 g/mol. The van der Waals surface area contributed by atoms with E-state index in [-0.39, 0.29) is 6.04 Å². The van der Waals surface area contributed by atoms with Crippen molar-refractivity contribution in [1.29, 1.82) is 0 Å². The van der Waals surface area contributed by atoms with E-state index in [1.54, 1.807) is 0 Å². The van der Waals surface area contributed by atoms with E-state index in [9.17, 15) is 4.21 Å². The van der Waals surface area contributed by atoms with Crippen LogP contribution in [0.25, 0.3) is 0 Å². The average Bonchev–Trinajstić information content (AvgIpc) is 2.02. The summed E-state index contributed by atoms with van der Waals surface area (Å²) < 4.78 is 11.4. The Morgan fingerprint density at radius 3 is 2.27 bits per heavy atom. The highest BCUT2D eigenvalue weighted by atomic mass is 32.2. The molecule has 3 heteroatoms. The molecule has 11 heavy (non-hydrogen) atoms. The number of hydrogen-bond acceptors (Lipinski definition) is 2. The van der Waals surface area contributed by atoms with E-state index in [4.69, 9.17) is 5.73 Å². The smallest absolute Gasteiger partial charge is 0.0389 e. The number of nitrogens with two attached hydrogens (primary N) is 1. The summed E-state index contributed by atoms with van der Waals surface area (Å²) in [6.45, 7) is 6.09. The fourth-order valence-corrected chi connectivity index (χ4v) is 2.04. The molecule has 0 spiro atoms. The van der Waals surface area contributed by atoms with E-state index in [0.717, 1.165) is 12.8 Å². The van der Waals surface area contributed by atoms with E-state index >= 15 is 0 Å². The second kappa shape index (κ2) is 5.72. The fourth-order valence-electron chi connectivity index (χ4n) is 0.679. The van der Waals surface area contributed by atoms with Crippen molar-refractivity contribution < 1.29 is 4.21 Å². The van der Waals surface area contributed by atoms with Gasteiger partial charge in [0.15, 0.2) is 0 Å². The van der Waals surface area contributed by atoms with Gasteiger partial charge in [-0.3, -0.25) is 4.21 Å². The molecule has 0 aromatic heterocycles. The second-order valence-electron chi connectivity index (χ2n) is 2.93. The Balaban J connectivity index is 3.68. The standard InChI is InChI=1S/C8H19NOS/c1-4-7(3)11(10)6-8(9)5-2/h7-8H,4-6,9H2,1-3H3. The minimum Gasteiger partial charge on any atom is -0.327 e. The van der Waals surface area contributed by atoms with Crippen LogP contribution in [0.1, 0.15) is 33.6 Å². The Hall–Kier alpha value is 0.110. The van der Waals surface area contributed by atoms with Gasteiger partial charge in [-0.25, -0.2) is 0 Å². The van der Waals surface area contributed by atoms with Crippen LogP contribution in [0.3, 0.4) is 0 Å². The van der Waals surface area contributed by atoms with Gasteiger partial charge in [0, 0.05) is 27.8 Å². The van der Waals surface area contributed by atoms with Crippen molar-refractivity contribution in [1.82, 2.24) is 0 Å². The summed E-state index contributed by atoms with van der Waals surface area (Å²) in [6.07, 6.45) is 1.89. The van der Waals surface area contributed by atoms with Gasteiger partial charge in [-0.2, -0.15) is 0 Å². The lowest BCUT2D eigenvalue weighted by atomic mass is 10.3. The zero-order valence-electron chi connectivity index (χ0n) is 7.67. The molecule has 0 aliphatic heterocycles. The zero-order chi connectivity index (χ0) is 8.85. The first-order valence-corrected chi connectivity index (χ1v) is 5.62. The maximum absolute atomic E-state index is 11.4. The van der Waals surface area contributed by atoms with E-state index in [0.29, 0.717) is 11.0 Å². The lowest BCUT2D eigenvalue weighted by Crippen LogP contribution is -2.29. The van der Waals surface area contributed by atoms with Gasteiger partial charge < -0.3 is 5.73 Å². The summed E-state index contributed by atoms with van der Waals surface area (Å²) in [6, 6.07) is 0.116. The summed E-state index contributed by atoms with van der Waals surface area (Å²) in [7, 11) is -0.720. The van der Waals surface area contributed by atoms with E-state index in [1.807, 2.05) is 13.8 Å². The molecule has 0 radical (unpaired) electrons. The number of rotatable bonds is 5. The van der Waals surface area contributed by atoms with Crippen molar-refractivity contribution in [3.8, 4) is 0 Å². The van der Waals surface area contributed by atoms with Gasteiger partial charge in [0.05, 0.1) is 0 Å². The third-order valence-electron chi connectivity index (χ3n) is 1.93. The maximum Gasteiger partial charge on any atom is 0.0389 e. The molecule has 0 aliphatic rings. The first kappa shape index (κ1) is 11.1. The lowest BCUT2D eigenvalue weighted by molar-refractivity contribution is 0.651. The molecule has 0 amide bonds. The highest BCUT2D eigenvalue weighted by Gasteiger charge is 2.11. The Labute approximate surface area is 72.0 Å². The van der Waals surface area contributed by atoms with Crippen LogP contribution >= 0.6 is 0 Å². The minimum absolute atomic E-state index is 0.116. The Bertz CT molecular complexity index is 127. The maximum atomic E-state index is 11.4. The first-order valence-electron chi connectivity index (χ1n) is 4.24. The highest BCUT2D eigenvalue weighted by molar-refractivity contribution is 7.85. The lowest BCUT2D eigenvalue weighted by Gasteiger charge is -2.12. The van der Waals surface area contributed by atoms with Crippen molar-refractivity contribution in [3.63, 3.8) is 0 Å². The van der Waals surface area contributed by atoms with Gasteiger partial charge >= 0.3 is 0 Å². The third kappa shape index (κ3) is 4.53. The molecule has 2 nitrogen and oxygen atoms in total. The Morgan fingerprint density at radius 2 is 1.91 bits per heavy atom.